The van der Waals surface area contributed by atoms with Crippen molar-refractivity contribution in [2.24, 2.45) is 0 Å². The standard InChI is InChI=1S/C16H11F4N3O2S/c1-26(24,25)11-4-2-10(3-5-11)23-9-14(16(18,19)20)22-15(23)12-8-21-7-6-13(12)17/h2-9H,1H3. The van der Waals surface area contributed by atoms with Crippen LogP contribution in [0.2, 0.25) is 0 Å². The van der Waals surface area contributed by atoms with E-state index in [2.05, 4.69) is 9.97 Å². The summed E-state index contributed by atoms with van der Waals surface area (Å²) in [4.78, 5) is 7.23. The number of pyridine rings is 1. The molecule has 0 fully saturated rings. The number of alkyl halides is 3. The SMILES string of the molecule is CS(=O)(=O)c1ccc(-n2cc(C(F)(F)F)nc2-c2cnccc2F)cc1. The summed E-state index contributed by atoms with van der Waals surface area (Å²) in [6.45, 7) is 0. The van der Waals surface area contributed by atoms with E-state index < -0.39 is 27.5 Å². The number of aromatic nitrogens is 3. The highest BCUT2D eigenvalue weighted by Crippen LogP contribution is 2.33. The Morgan fingerprint density at radius 2 is 1.73 bits per heavy atom. The van der Waals surface area contributed by atoms with Gasteiger partial charge in [-0.15, -0.1) is 0 Å². The fourth-order valence-electron chi connectivity index (χ4n) is 2.30. The molecule has 136 valence electrons. The molecule has 0 spiro atoms. The molecule has 0 N–H and O–H groups in total. The van der Waals surface area contributed by atoms with Gasteiger partial charge in [0, 0.05) is 30.5 Å². The molecule has 3 rings (SSSR count). The molecule has 1 aromatic carbocycles. The molecule has 0 radical (unpaired) electrons. The van der Waals surface area contributed by atoms with Gasteiger partial charge in [-0.05, 0) is 30.3 Å². The van der Waals surface area contributed by atoms with Crippen LogP contribution in [0.1, 0.15) is 5.69 Å². The number of rotatable bonds is 3. The van der Waals surface area contributed by atoms with Crippen molar-refractivity contribution in [2.75, 3.05) is 6.26 Å². The molecule has 5 nitrogen and oxygen atoms in total. The van der Waals surface area contributed by atoms with Crippen LogP contribution < -0.4 is 0 Å². The van der Waals surface area contributed by atoms with E-state index in [1.54, 1.807) is 0 Å². The van der Waals surface area contributed by atoms with Gasteiger partial charge in [0.25, 0.3) is 0 Å². The highest BCUT2D eigenvalue weighted by Gasteiger charge is 2.35. The molecular weight excluding hydrogens is 374 g/mol. The molecule has 0 aliphatic carbocycles. The number of nitrogens with zero attached hydrogens (tertiary/aromatic N) is 3. The first kappa shape index (κ1) is 18.1. The van der Waals surface area contributed by atoms with Crippen LogP contribution in [-0.2, 0) is 16.0 Å². The smallest absolute Gasteiger partial charge is 0.299 e. The maximum atomic E-state index is 14.0. The third-order valence-electron chi connectivity index (χ3n) is 3.55. The lowest BCUT2D eigenvalue weighted by molar-refractivity contribution is -0.140. The van der Waals surface area contributed by atoms with Crippen molar-refractivity contribution < 1.29 is 26.0 Å². The van der Waals surface area contributed by atoms with Crippen LogP contribution in [0.5, 0.6) is 0 Å². The van der Waals surface area contributed by atoms with E-state index in [0.717, 1.165) is 35.5 Å². The van der Waals surface area contributed by atoms with Crippen molar-refractivity contribution in [1.82, 2.24) is 14.5 Å². The zero-order chi connectivity index (χ0) is 19.1. The highest BCUT2D eigenvalue weighted by molar-refractivity contribution is 7.90. The third-order valence-corrected chi connectivity index (χ3v) is 4.68. The van der Waals surface area contributed by atoms with E-state index >= 15 is 0 Å². The Balaban J connectivity index is 2.20. The first-order chi connectivity index (χ1) is 12.1. The lowest BCUT2D eigenvalue weighted by Gasteiger charge is -2.09. The summed E-state index contributed by atoms with van der Waals surface area (Å²) in [5.41, 5.74) is -1.23. The molecule has 0 unspecified atom stereocenters. The van der Waals surface area contributed by atoms with Gasteiger partial charge in [-0.1, -0.05) is 0 Å². The van der Waals surface area contributed by atoms with Crippen LogP contribution in [0.3, 0.4) is 0 Å². The highest BCUT2D eigenvalue weighted by atomic mass is 32.2. The topological polar surface area (TPSA) is 64.8 Å². The van der Waals surface area contributed by atoms with Crippen molar-refractivity contribution in [1.29, 1.82) is 0 Å². The molecule has 3 aromatic rings. The number of sulfone groups is 1. The molecule has 0 bridgehead atoms. The molecular formula is C16H11F4N3O2S. The van der Waals surface area contributed by atoms with Crippen molar-refractivity contribution >= 4 is 9.84 Å². The van der Waals surface area contributed by atoms with Crippen LogP contribution in [0.15, 0.2) is 53.8 Å². The lowest BCUT2D eigenvalue weighted by Crippen LogP contribution is -2.05. The summed E-state index contributed by atoms with van der Waals surface area (Å²) in [7, 11) is -3.46. The predicted molar refractivity (Wildman–Crippen MR) is 84.9 cm³/mol. The average Bonchev–Trinajstić information content (AvgIpc) is 3.00. The number of hydrogen-bond donors (Lipinski definition) is 0. The number of benzene rings is 1. The predicted octanol–water partition coefficient (Wildman–Crippen LogP) is 3.50. The molecule has 10 heteroatoms. The maximum Gasteiger partial charge on any atom is 0.434 e. The van der Waals surface area contributed by atoms with Gasteiger partial charge in [-0.2, -0.15) is 13.2 Å². The van der Waals surface area contributed by atoms with E-state index in [1.807, 2.05) is 0 Å². The van der Waals surface area contributed by atoms with Crippen LogP contribution in [-0.4, -0.2) is 29.2 Å². The molecule has 0 saturated carbocycles. The van der Waals surface area contributed by atoms with Gasteiger partial charge >= 0.3 is 6.18 Å². The van der Waals surface area contributed by atoms with E-state index in [0.29, 0.717) is 0 Å². The van der Waals surface area contributed by atoms with Crippen LogP contribution in [0.4, 0.5) is 17.6 Å². The molecule has 2 heterocycles. The van der Waals surface area contributed by atoms with Crippen LogP contribution in [0.25, 0.3) is 17.1 Å². The van der Waals surface area contributed by atoms with Gasteiger partial charge < -0.3 is 0 Å². The first-order valence-electron chi connectivity index (χ1n) is 7.14. The van der Waals surface area contributed by atoms with Crippen molar-refractivity contribution in [3.8, 4) is 17.1 Å². The Morgan fingerprint density at radius 1 is 1.08 bits per heavy atom. The number of halogens is 4. The van der Waals surface area contributed by atoms with Gasteiger partial charge in [0.05, 0.1) is 10.5 Å². The Labute approximate surface area is 145 Å². The summed E-state index contributed by atoms with van der Waals surface area (Å²) >= 11 is 0. The second-order valence-corrected chi connectivity index (χ2v) is 7.45. The molecule has 2 aromatic heterocycles. The first-order valence-corrected chi connectivity index (χ1v) is 9.03. The molecule has 0 amide bonds. The van der Waals surface area contributed by atoms with Crippen LogP contribution >= 0.6 is 0 Å². The molecule has 0 aliphatic heterocycles. The summed E-state index contributed by atoms with van der Waals surface area (Å²) in [5, 5.41) is 0. The summed E-state index contributed by atoms with van der Waals surface area (Å²) in [6, 6.07) is 6.14. The zero-order valence-corrected chi connectivity index (χ0v) is 14.0. The van der Waals surface area contributed by atoms with Crippen molar-refractivity contribution in [2.45, 2.75) is 11.1 Å². The minimum Gasteiger partial charge on any atom is -0.299 e. The second kappa shape index (κ2) is 6.20. The maximum absolute atomic E-state index is 14.0. The van der Waals surface area contributed by atoms with E-state index in [9.17, 15) is 26.0 Å². The zero-order valence-electron chi connectivity index (χ0n) is 13.2. The van der Waals surface area contributed by atoms with E-state index in [-0.39, 0.29) is 22.0 Å². The Morgan fingerprint density at radius 3 is 2.27 bits per heavy atom. The van der Waals surface area contributed by atoms with Crippen LogP contribution in [0, 0.1) is 5.82 Å². The molecule has 0 aliphatic rings. The van der Waals surface area contributed by atoms with Gasteiger partial charge in [-0.25, -0.2) is 17.8 Å². The third kappa shape index (κ3) is 3.45. The molecule has 0 atom stereocenters. The monoisotopic (exact) mass is 385 g/mol. The van der Waals surface area contributed by atoms with E-state index in [4.69, 9.17) is 0 Å². The lowest BCUT2D eigenvalue weighted by atomic mass is 10.2. The fourth-order valence-corrected chi connectivity index (χ4v) is 2.93. The van der Waals surface area contributed by atoms with Gasteiger partial charge in [0.15, 0.2) is 15.5 Å². The minimum atomic E-state index is -4.73. The second-order valence-electron chi connectivity index (χ2n) is 5.44. The normalized spacial score (nSPS) is 12.3. The summed E-state index contributed by atoms with van der Waals surface area (Å²) in [5.74, 6) is -1.08. The quantitative estimate of drug-likeness (QED) is 0.648. The number of imidazole rings is 1. The number of hydrogen-bond acceptors (Lipinski definition) is 4. The Bertz CT molecular complexity index is 1060. The summed E-state index contributed by atoms with van der Waals surface area (Å²) in [6.07, 6.45) is -0.767. The summed E-state index contributed by atoms with van der Waals surface area (Å²) < 4.78 is 77.3. The van der Waals surface area contributed by atoms with Crippen molar-refractivity contribution in [3.05, 3.63) is 60.4 Å². The van der Waals surface area contributed by atoms with Gasteiger partial charge in [-0.3, -0.25) is 9.55 Å². The van der Waals surface area contributed by atoms with Gasteiger partial charge in [0.1, 0.15) is 11.6 Å². The largest absolute Gasteiger partial charge is 0.434 e. The Kier molecular flexibility index (Phi) is 4.31. The average molecular weight is 385 g/mol. The fraction of sp³-hybridized carbons (Fsp3) is 0.125. The van der Waals surface area contributed by atoms with Gasteiger partial charge in [0.2, 0.25) is 0 Å². The Hall–Kier alpha value is -2.75. The molecule has 26 heavy (non-hydrogen) atoms. The van der Waals surface area contributed by atoms with Crippen molar-refractivity contribution in [3.63, 3.8) is 0 Å². The van der Waals surface area contributed by atoms with E-state index in [1.165, 1.54) is 24.3 Å². The minimum absolute atomic E-state index is 0.00604. The molecule has 0 saturated heterocycles.